The Hall–Kier alpha value is -1.71. The van der Waals surface area contributed by atoms with Gasteiger partial charge in [-0.1, -0.05) is 41.4 Å². The summed E-state index contributed by atoms with van der Waals surface area (Å²) in [6, 6.07) is 13.2. The number of hydrogen-bond acceptors (Lipinski definition) is 2. The normalized spacial score (nSPS) is 10.3. The van der Waals surface area contributed by atoms with Crippen LogP contribution in [0.3, 0.4) is 0 Å². The minimum Gasteiger partial charge on any atom is -0.376 e. The van der Waals surface area contributed by atoms with Crippen molar-refractivity contribution >= 4 is 34.8 Å². The molecule has 3 nitrogen and oxygen atoms in total. The van der Waals surface area contributed by atoms with E-state index in [-0.39, 0.29) is 12.5 Å². The molecule has 2 aromatic rings. The van der Waals surface area contributed by atoms with E-state index in [1.54, 1.807) is 0 Å². The van der Waals surface area contributed by atoms with Crippen LogP contribution in [0.4, 0.5) is 5.69 Å². The van der Waals surface area contributed by atoms with Crippen molar-refractivity contribution in [2.24, 2.45) is 0 Å². The van der Waals surface area contributed by atoms with E-state index >= 15 is 0 Å². The van der Waals surface area contributed by atoms with Crippen molar-refractivity contribution in [3.05, 3.63) is 63.6 Å². The lowest BCUT2D eigenvalue weighted by Gasteiger charge is -2.10. The number of rotatable bonds is 6. The topological polar surface area (TPSA) is 41.1 Å². The monoisotopic (exact) mass is 336 g/mol. The first-order valence-electron chi connectivity index (χ1n) is 7.06. The molecule has 0 fully saturated rings. The minimum atomic E-state index is -0.0543. The summed E-state index contributed by atoms with van der Waals surface area (Å²) < 4.78 is 0. The molecule has 0 saturated carbocycles. The average molecular weight is 337 g/mol. The van der Waals surface area contributed by atoms with E-state index in [1.165, 1.54) is 0 Å². The molecule has 0 aliphatic heterocycles. The molecule has 0 aliphatic rings. The molecule has 2 aromatic carbocycles. The van der Waals surface area contributed by atoms with Gasteiger partial charge in [0.25, 0.3) is 0 Å². The lowest BCUT2D eigenvalue weighted by molar-refractivity contribution is -0.119. The van der Waals surface area contributed by atoms with E-state index in [0.29, 0.717) is 16.6 Å². The molecule has 116 valence electrons. The second-order valence-electron chi connectivity index (χ2n) is 5.04. The first kappa shape index (κ1) is 16.7. The van der Waals surface area contributed by atoms with E-state index in [1.807, 2.05) is 49.4 Å². The first-order valence-corrected chi connectivity index (χ1v) is 7.81. The van der Waals surface area contributed by atoms with Gasteiger partial charge in [0.05, 0.1) is 6.54 Å². The van der Waals surface area contributed by atoms with Crippen LogP contribution in [0.5, 0.6) is 0 Å². The molecule has 0 aromatic heterocycles. The number of carbonyl (C=O) groups excluding carboxylic acids is 1. The van der Waals surface area contributed by atoms with Gasteiger partial charge in [-0.15, -0.1) is 0 Å². The number of halogens is 2. The van der Waals surface area contributed by atoms with Crippen molar-refractivity contribution in [1.82, 2.24) is 5.32 Å². The van der Waals surface area contributed by atoms with Crippen LogP contribution >= 0.6 is 23.2 Å². The van der Waals surface area contributed by atoms with Crippen molar-refractivity contribution in [2.45, 2.75) is 13.3 Å². The molecule has 0 aliphatic carbocycles. The van der Waals surface area contributed by atoms with Crippen molar-refractivity contribution in [1.29, 1.82) is 0 Å². The van der Waals surface area contributed by atoms with E-state index in [0.717, 1.165) is 23.2 Å². The Balaban J connectivity index is 1.75. The molecule has 0 spiro atoms. The summed E-state index contributed by atoms with van der Waals surface area (Å²) in [6.07, 6.45) is 0.752. The fourth-order valence-corrected chi connectivity index (χ4v) is 2.45. The van der Waals surface area contributed by atoms with Crippen molar-refractivity contribution in [2.75, 3.05) is 18.4 Å². The predicted octanol–water partition coefficient (Wildman–Crippen LogP) is 4.07. The summed E-state index contributed by atoms with van der Waals surface area (Å²) in [7, 11) is 0. The van der Waals surface area contributed by atoms with Crippen LogP contribution in [0.25, 0.3) is 0 Å². The molecule has 22 heavy (non-hydrogen) atoms. The number of hydrogen-bond donors (Lipinski definition) is 2. The maximum atomic E-state index is 11.8. The van der Waals surface area contributed by atoms with Crippen LogP contribution in [-0.4, -0.2) is 19.0 Å². The van der Waals surface area contributed by atoms with Gasteiger partial charge in [-0.05, 0) is 48.7 Å². The molecular formula is C17H18Cl2N2O. The predicted molar refractivity (Wildman–Crippen MR) is 92.8 cm³/mol. The lowest BCUT2D eigenvalue weighted by atomic mass is 10.1. The molecule has 5 heteroatoms. The van der Waals surface area contributed by atoms with Crippen LogP contribution in [0.15, 0.2) is 42.5 Å². The molecule has 0 unspecified atom stereocenters. The van der Waals surface area contributed by atoms with Gasteiger partial charge in [0.15, 0.2) is 0 Å². The van der Waals surface area contributed by atoms with Crippen molar-refractivity contribution in [3.63, 3.8) is 0 Å². The van der Waals surface area contributed by atoms with E-state index in [4.69, 9.17) is 23.2 Å². The van der Waals surface area contributed by atoms with Crippen LogP contribution < -0.4 is 10.6 Å². The highest BCUT2D eigenvalue weighted by Crippen LogP contribution is 2.19. The zero-order chi connectivity index (χ0) is 15.9. The zero-order valence-corrected chi connectivity index (χ0v) is 13.8. The number of anilines is 1. The number of carbonyl (C=O) groups is 1. The summed E-state index contributed by atoms with van der Waals surface area (Å²) in [4.78, 5) is 11.8. The number of benzene rings is 2. The van der Waals surface area contributed by atoms with Crippen LogP contribution in [0.2, 0.25) is 10.0 Å². The van der Waals surface area contributed by atoms with Crippen LogP contribution in [0, 0.1) is 6.92 Å². The first-order chi connectivity index (χ1) is 10.5. The fourth-order valence-electron chi connectivity index (χ4n) is 2.06. The molecule has 1 amide bonds. The number of aryl methyl sites for hydroxylation is 1. The Kier molecular flexibility index (Phi) is 6.10. The Morgan fingerprint density at radius 3 is 2.64 bits per heavy atom. The van der Waals surface area contributed by atoms with Gasteiger partial charge in [0.2, 0.25) is 5.91 Å². The second kappa shape index (κ2) is 8.06. The molecular weight excluding hydrogens is 319 g/mol. The van der Waals surface area contributed by atoms with Crippen molar-refractivity contribution in [3.8, 4) is 0 Å². The summed E-state index contributed by atoms with van der Waals surface area (Å²) in [5, 5.41) is 7.33. The van der Waals surface area contributed by atoms with Crippen molar-refractivity contribution < 1.29 is 4.79 Å². The van der Waals surface area contributed by atoms with Gasteiger partial charge < -0.3 is 10.6 Å². The van der Waals surface area contributed by atoms with E-state index < -0.39 is 0 Å². The highest BCUT2D eigenvalue weighted by Gasteiger charge is 2.04. The maximum absolute atomic E-state index is 11.8. The third kappa shape index (κ3) is 5.24. The summed E-state index contributed by atoms with van der Waals surface area (Å²) in [5.41, 5.74) is 3.03. The molecule has 2 rings (SSSR count). The second-order valence-corrected chi connectivity index (χ2v) is 5.92. The summed E-state index contributed by atoms with van der Waals surface area (Å²) >= 11 is 11.9. The summed E-state index contributed by atoms with van der Waals surface area (Å²) in [6.45, 7) is 2.77. The standard InChI is InChI=1S/C17H18Cl2N2O/c1-12-5-6-15(19)10-16(12)21-11-17(22)20-8-7-13-3-2-4-14(18)9-13/h2-6,9-10,21H,7-8,11H2,1H3,(H,20,22). The molecule has 0 bridgehead atoms. The highest BCUT2D eigenvalue weighted by molar-refractivity contribution is 6.31. The number of nitrogens with one attached hydrogen (secondary N) is 2. The third-order valence-corrected chi connectivity index (χ3v) is 3.73. The summed E-state index contributed by atoms with van der Waals surface area (Å²) in [5.74, 6) is -0.0543. The zero-order valence-electron chi connectivity index (χ0n) is 12.3. The van der Waals surface area contributed by atoms with Gasteiger partial charge in [-0.3, -0.25) is 4.79 Å². The molecule has 0 radical (unpaired) electrons. The van der Waals surface area contributed by atoms with Crippen LogP contribution in [-0.2, 0) is 11.2 Å². The molecule has 0 saturated heterocycles. The Morgan fingerprint density at radius 2 is 1.86 bits per heavy atom. The van der Waals surface area contributed by atoms with Crippen LogP contribution in [0.1, 0.15) is 11.1 Å². The van der Waals surface area contributed by atoms with Gasteiger partial charge in [-0.2, -0.15) is 0 Å². The quantitative estimate of drug-likeness (QED) is 0.834. The molecule has 2 N–H and O–H groups in total. The third-order valence-electron chi connectivity index (χ3n) is 3.26. The smallest absolute Gasteiger partial charge is 0.239 e. The highest BCUT2D eigenvalue weighted by atomic mass is 35.5. The van der Waals surface area contributed by atoms with E-state index in [2.05, 4.69) is 10.6 Å². The minimum absolute atomic E-state index is 0.0543. The Labute approximate surface area is 140 Å². The fraction of sp³-hybridized carbons (Fsp3) is 0.235. The Morgan fingerprint density at radius 1 is 1.09 bits per heavy atom. The molecule has 0 heterocycles. The SMILES string of the molecule is Cc1ccc(Cl)cc1NCC(=O)NCCc1cccc(Cl)c1. The van der Waals surface area contributed by atoms with Gasteiger partial charge >= 0.3 is 0 Å². The maximum Gasteiger partial charge on any atom is 0.239 e. The number of amides is 1. The van der Waals surface area contributed by atoms with E-state index in [9.17, 15) is 4.79 Å². The Bertz CT molecular complexity index is 659. The van der Waals surface area contributed by atoms with Gasteiger partial charge in [0.1, 0.15) is 0 Å². The lowest BCUT2D eigenvalue weighted by Crippen LogP contribution is -2.31. The van der Waals surface area contributed by atoms with Gasteiger partial charge in [-0.25, -0.2) is 0 Å². The largest absolute Gasteiger partial charge is 0.376 e. The molecule has 0 atom stereocenters. The van der Waals surface area contributed by atoms with Gasteiger partial charge in [0, 0.05) is 22.3 Å². The average Bonchev–Trinajstić information content (AvgIpc) is 2.48.